The summed E-state index contributed by atoms with van der Waals surface area (Å²) in [5.41, 5.74) is 0. The van der Waals surface area contributed by atoms with Crippen LogP contribution in [0.4, 0.5) is 0 Å². The van der Waals surface area contributed by atoms with Gasteiger partial charge >= 0.3 is 0 Å². The Labute approximate surface area is 144 Å². The van der Waals surface area contributed by atoms with E-state index in [2.05, 4.69) is 5.32 Å². The molecule has 0 aromatic rings. The summed E-state index contributed by atoms with van der Waals surface area (Å²) in [5, 5.41) is 12.0. The van der Waals surface area contributed by atoms with E-state index in [1.807, 2.05) is 13.0 Å². The Morgan fingerprint density at radius 3 is 2.83 bits per heavy atom. The van der Waals surface area contributed by atoms with Crippen molar-refractivity contribution < 1.29 is 24.1 Å². The van der Waals surface area contributed by atoms with Crippen molar-refractivity contribution in [3.63, 3.8) is 0 Å². The van der Waals surface area contributed by atoms with E-state index in [0.29, 0.717) is 31.4 Å². The van der Waals surface area contributed by atoms with Gasteiger partial charge in [0.1, 0.15) is 0 Å². The summed E-state index contributed by atoms with van der Waals surface area (Å²) in [6, 6.07) is 0. The van der Waals surface area contributed by atoms with Crippen LogP contribution in [0.25, 0.3) is 0 Å². The molecule has 1 aliphatic carbocycles. The van der Waals surface area contributed by atoms with Gasteiger partial charge in [-0.15, -0.1) is 0 Å². The zero-order valence-electron chi connectivity index (χ0n) is 14.8. The van der Waals surface area contributed by atoms with E-state index in [0.717, 1.165) is 12.8 Å². The fourth-order valence-electron chi connectivity index (χ4n) is 3.50. The maximum atomic E-state index is 12.4. The minimum Gasteiger partial charge on any atom is -0.459 e. The zero-order valence-corrected chi connectivity index (χ0v) is 14.8. The number of allylic oxidation sites excluding steroid dienone is 1. The molecule has 1 saturated carbocycles. The van der Waals surface area contributed by atoms with E-state index in [9.17, 15) is 9.90 Å². The smallest absolute Gasteiger partial charge is 0.286 e. The van der Waals surface area contributed by atoms with Crippen molar-refractivity contribution in [2.75, 3.05) is 33.5 Å². The number of ether oxygens (including phenoxy) is 3. The van der Waals surface area contributed by atoms with Gasteiger partial charge < -0.3 is 24.6 Å². The van der Waals surface area contributed by atoms with Crippen LogP contribution in [0.5, 0.6) is 0 Å². The van der Waals surface area contributed by atoms with Crippen molar-refractivity contribution in [2.24, 2.45) is 17.8 Å². The molecule has 0 spiro atoms. The van der Waals surface area contributed by atoms with E-state index in [-0.39, 0.29) is 24.3 Å². The largest absolute Gasteiger partial charge is 0.459 e. The van der Waals surface area contributed by atoms with Crippen LogP contribution in [0.15, 0.2) is 11.8 Å². The number of aliphatic hydroxyl groups excluding tert-OH is 1. The lowest BCUT2D eigenvalue weighted by molar-refractivity contribution is -0.178. The molecule has 3 atom stereocenters. The van der Waals surface area contributed by atoms with Crippen LogP contribution in [0, 0.1) is 17.8 Å². The summed E-state index contributed by atoms with van der Waals surface area (Å²) >= 11 is 0. The number of carbonyl (C=O) groups is 1. The number of hydrogen-bond acceptors (Lipinski definition) is 5. The van der Waals surface area contributed by atoms with Gasteiger partial charge in [0.25, 0.3) is 5.91 Å². The van der Waals surface area contributed by atoms with E-state index in [4.69, 9.17) is 14.2 Å². The van der Waals surface area contributed by atoms with Gasteiger partial charge in [-0.2, -0.15) is 0 Å². The predicted molar refractivity (Wildman–Crippen MR) is 90.1 cm³/mol. The van der Waals surface area contributed by atoms with Gasteiger partial charge in [-0.1, -0.05) is 6.42 Å². The molecule has 1 fully saturated rings. The van der Waals surface area contributed by atoms with E-state index >= 15 is 0 Å². The van der Waals surface area contributed by atoms with Gasteiger partial charge in [0.15, 0.2) is 5.76 Å². The third-order valence-electron chi connectivity index (χ3n) is 4.97. The second-order valence-corrected chi connectivity index (χ2v) is 6.52. The van der Waals surface area contributed by atoms with Gasteiger partial charge in [-0.3, -0.25) is 4.79 Å². The first kappa shape index (κ1) is 19.2. The Balaban J connectivity index is 2.11. The Kier molecular flexibility index (Phi) is 8.02. The highest BCUT2D eigenvalue weighted by Gasteiger charge is 2.41. The van der Waals surface area contributed by atoms with Crippen LogP contribution < -0.4 is 5.32 Å². The lowest BCUT2D eigenvalue weighted by Crippen LogP contribution is -2.43. The first-order valence-electron chi connectivity index (χ1n) is 9.09. The van der Waals surface area contributed by atoms with Crippen LogP contribution in [0.3, 0.4) is 0 Å². The molecule has 0 unspecified atom stereocenters. The van der Waals surface area contributed by atoms with E-state index in [1.165, 1.54) is 19.3 Å². The average molecular weight is 341 g/mol. The van der Waals surface area contributed by atoms with Crippen molar-refractivity contribution in [2.45, 2.75) is 45.3 Å². The van der Waals surface area contributed by atoms with E-state index < -0.39 is 6.29 Å². The average Bonchev–Trinajstić information content (AvgIpc) is 2.52. The molecule has 6 nitrogen and oxygen atoms in total. The molecule has 2 rings (SSSR count). The monoisotopic (exact) mass is 341 g/mol. The quantitative estimate of drug-likeness (QED) is 0.593. The molecule has 138 valence electrons. The highest BCUT2D eigenvalue weighted by molar-refractivity contribution is 5.91. The third-order valence-corrected chi connectivity index (χ3v) is 4.97. The molecule has 2 N–H and O–H groups in total. The van der Waals surface area contributed by atoms with Crippen molar-refractivity contribution in [1.29, 1.82) is 0 Å². The van der Waals surface area contributed by atoms with Crippen LogP contribution in [-0.2, 0) is 19.0 Å². The molecule has 2 aliphatic rings. The molecule has 1 aliphatic heterocycles. The summed E-state index contributed by atoms with van der Waals surface area (Å²) in [6.45, 7) is 3.56. The Hall–Kier alpha value is -1.11. The minimum absolute atomic E-state index is 0.167. The van der Waals surface area contributed by atoms with Gasteiger partial charge in [-0.05, 0) is 50.5 Å². The number of amides is 1. The molecule has 6 heteroatoms. The lowest BCUT2D eigenvalue weighted by Gasteiger charge is -2.43. The van der Waals surface area contributed by atoms with Crippen molar-refractivity contribution in [1.82, 2.24) is 5.32 Å². The maximum Gasteiger partial charge on any atom is 0.286 e. The summed E-state index contributed by atoms with van der Waals surface area (Å²) in [4.78, 5) is 12.4. The van der Waals surface area contributed by atoms with Crippen molar-refractivity contribution in [3.8, 4) is 0 Å². The van der Waals surface area contributed by atoms with Crippen LogP contribution in [0.1, 0.15) is 39.0 Å². The number of methoxy groups -OCH3 is 1. The molecule has 0 saturated heterocycles. The highest BCUT2D eigenvalue weighted by atomic mass is 16.7. The van der Waals surface area contributed by atoms with Crippen LogP contribution in [-0.4, -0.2) is 50.8 Å². The Morgan fingerprint density at radius 2 is 2.25 bits per heavy atom. The summed E-state index contributed by atoms with van der Waals surface area (Å²) in [6.07, 6.45) is 6.77. The number of rotatable bonds is 10. The molecule has 0 aromatic heterocycles. The lowest BCUT2D eigenvalue weighted by atomic mass is 9.68. The second kappa shape index (κ2) is 10.0. The first-order valence-corrected chi connectivity index (χ1v) is 9.09. The Bertz CT molecular complexity index is 422. The maximum absolute atomic E-state index is 12.4. The zero-order chi connectivity index (χ0) is 17.4. The number of hydrogen-bond donors (Lipinski definition) is 2. The number of carbonyl (C=O) groups excluding carboxylic acids is 1. The SMILES string of the molecule is CCO[C@H]1OC(C(=O)NCCOC)=C[C@@H](C2CCC2)[C@@H]1CCCO. The van der Waals surface area contributed by atoms with Crippen molar-refractivity contribution >= 4 is 5.91 Å². The molecule has 1 heterocycles. The molecule has 24 heavy (non-hydrogen) atoms. The topological polar surface area (TPSA) is 77.0 Å². The minimum atomic E-state index is -0.416. The molecule has 0 bridgehead atoms. The third kappa shape index (κ3) is 4.94. The van der Waals surface area contributed by atoms with Crippen molar-refractivity contribution in [3.05, 3.63) is 11.8 Å². The van der Waals surface area contributed by atoms with E-state index in [1.54, 1.807) is 7.11 Å². The number of aliphatic hydroxyl groups is 1. The molecular formula is C18H31NO5. The fourth-order valence-corrected chi connectivity index (χ4v) is 3.50. The molecule has 0 radical (unpaired) electrons. The predicted octanol–water partition coefficient (Wildman–Crippen LogP) is 1.83. The fraction of sp³-hybridized carbons (Fsp3) is 0.833. The van der Waals surface area contributed by atoms with Gasteiger partial charge in [0.05, 0.1) is 6.61 Å². The molecule has 0 aromatic carbocycles. The summed E-state index contributed by atoms with van der Waals surface area (Å²) in [5.74, 6) is 1.21. The molecule has 1 amide bonds. The number of nitrogens with one attached hydrogen (secondary N) is 1. The van der Waals surface area contributed by atoms with Gasteiger partial charge in [0, 0.05) is 32.8 Å². The first-order chi connectivity index (χ1) is 11.7. The molecular weight excluding hydrogens is 310 g/mol. The highest BCUT2D eigenvalue weighted by Crippen LogP contribution is 2.44. The standard InChI is InChI=1S/C18H31NO5/c1-3-23-18-14(8-5-10-20)15(13-6-4-7-13)12-16(24-18)17(21)19-9-11-22-2/h12-15,18,20H,3-11H2,1-2H3,(H,19,21)/t14-,15-,18-/m0/s1. The summed E-state index contributed by atoms with van der Waals surface area (Å²) in [7, 11) is 1.60. The van der Waals surface area contributed by atoms with Gasteiger partial charge in [-0.25, -0.2) is 0 Å². The second-order valence-electron chi connectivity index (χ2n) is 6.52. The normalized spacial score (nSPS) is 27.1. The van der Waals surface area contributed by atoms with Gasteiger partial charge in [0.2, 0.25) is 6.29 Å². The Morgan fingerprint density at radius 1 is 1.46 bits per heavy atom. The van der Waals surface area contributed by atoms with Crippen LogP contribution in [0.2, 0.25) is 0 Å². The van der Waals surface area contributed by atoms with Crippen LogP contribution >= 0.6 is 0 Å². The summed E-state index contributed by atoms with van der Waals surface area (Å²) < 4.78 is 16.6.